The molecule has 3 aromatic heterocycles. The van der Waals surface area contributed by atoms with Gasteiger partial charge in [-0.1, -0.05) is 20.1 Å². The Hall–Kier alpha value is -3.05. The Morgan fingerprint density at radius 2 is 2.04 bits per heavy atom. The zero-order valence-electron chi connectivity index (χ0n) is 15.9. The van der Waals surface area contributed by atoms with Crippen LogP contribution in [0.4, 0.5) is 11.6 Å². The molecule has 3 heterocycles. The lowest BCUT2D eigenvalue weighted by Crippen LogP contribution is -2.06. The van der Waals surface area contributed by atoms with Gasteiger partial charge in [0.25, 0.3) is 0 Å². The summed E-state index contributed by atoms with van der Waals surface area (Å²) in [5.41, 5.74) is 9.82. The third-order valence-corrected chi connectivity index (χ3v) is 5.14. The zero-order chi connectivity index (χ0) is 19.5. The van der Waals surface area contributed by atoms with E-state index >= 15 is 0 Å². The summed E-state index contributed by atoms with van der Waals surface area (Å²) < 4.78 is 1.95. The quantitative estimate of drug-likeness (QED) is 0.486. The Bertz CT molecular complexity index is 1110. The molecule has 0 spiro atoms. The van der Waals surface area contributed by atoms with Crippen molar-refractivity contribution in [2.75, 3.05) is 24.4 Å². The molecule has 0 unspecified atom stereocenters. The van der Waals surface area contributed by atoms with Crippen LogP contribution in [-0.2, 0) is 12.8 Å². The van der Waals surface area contributed by atoms with E-state index in [4.69, 9.17) is 5.73 Å². The molecule has 8 heteroatoms. The van der Waals surface area contributed by atoms with Crippen LogP contribution in [0, 0.1) is 0 Å². The molecule has 142 valence electrons. The second-order valence-corrected chi connectivity index (χ2v) is 9.30. The fraction of sp³-hybridized carbons (Fsp3) is 0.200. The zero-order valence-corrected chi connectivity index (χ0v) is 16.8. The maximum Gasteiger partial charge on any atom is 0.169 e. The Morgan fingerprint density at radius 1 is 1.14 bits per heavy atom. The van der Waals surface area contributed by atoms with Gasteiger partial charge in [-0.3, -0.25) is 9.67 Å². The number of anilines is 2. The summed E-state index contributed by atoms with van der Waals surface area (Å²) in [5.74, 6) is 0.953. The third kappa shape index (κ3) is 4.10. The normalized spacial score (nSPS) is 11.2. The highest BCUT2D eigenvalue weighted by Gasteiger charge is 2.09. The van der Waals surface area contributed by atoms with Crippen LogP contribution in [0.5, 0.6) is 0 Å². The SMILES string of the molecule is CP(C)Cn1cc(-c2cnc(N)c(NCc3ccc4ncccc4c3)n2)cn1. The summed E-state index contributed by atoms with van der Waals surface area (Å²) in [4.78, 5) is 13.3. The number of aromatic nitrogens is 5. The van der Waals surface area contributed by atoms with E-state index in [1.807, 2.05) is 35.3 Å². The van der Waals surface area contributed by atoms with Crippen LogP contribution in [0.3, 0.4) is 0 Å². The fourth-order valence-corrected chi connectivity index (χ4v) is 3.69. The molecule has 4 aromatic rings. The van der Waals surface area contributed by atoms with Gasteiger partial charge in [-0.15, -0.1) is 0 Å². The van der Waals surface area contributed by atoms with E-state index in [1.165, 1.54) is 0 Å². The van der Waals surface area contributed by atoms with Crippen molar-refractivity contribution in [3.63, 3.8) is 0 Å². The predicted molar refractivity (Wildman–Crippen MR) is 116 cm³/mol. The maximum atomic E-state index is 6.03. The molecule has 4 rings (SSSR count). The molecule has 0 saturated heterocycles. The second-order valence-electron chi connectivity index (χ2n) is 6.86. The summed E-state index contributed by atoms with van der Waals surface area (Å²) in [7, 11) is -0.0605. The van der Waals surface area contributed by atoms with Gasteiger partial charge in [0.15, 0.2) is 11.6 Å². The Morgan fingerprint density at radius 3 is 2.89 bits per heavy atom. The number of hydrogen-bond donors (Lipinski definition) is 2. The topological polar surface area (TPSA) is 94.5 Å². The summed E-state index contributed by atoms with van der Waals surface area (Å²) in [6, 6.07) is 10.2. The van der Waals surface area contributed by atoms with Crippen molar-refractivity contribution >= 4 is 30.5 Å². The van der Waals surface area contributed by atoms with E-state index in [2.05, 4.69) is 50.8 Å². The average Bonchev–Trinajstić information content (AvgIpc) is 3.15. The Balaban J connectivity index is 1.52. The highest BCUT2D eigenvalue weighted by Crippen LogP contribution is 2.28. The first-order chi connectivity index (χ1) is 13.6. The van der Waals surface area contributed by atoms with E-state index < -0.39 is 0 Å². The lowest BCUT2D eigenvalue weighted by Gasteiger charge is -2.10. The lowest BCUT2D eigenvalue weighted by atomic mass is 10.1. The number of benzene rings is 1. The van der Waals surface area contributed by atoms with Crippen molar-refractivity contribution in [2.45, 2.75) is 12.8 Å². The number of hydrogen-bond acceptors (Lipinski definition) is 6. The molecule has 0 aliphatic rings. The summed E-state index contributed by atoms with van der Waals surface area (Å²) in [6.45, 7) is 5.05. The van der Waals surface area contributed by atoms with Gasteiger partial charge in [0, 0.05) is 29.9 Å². The smallest absolute Gasteiger partial charge is 0.169 e. The van der Waals surface area contributed by atoms with Crippen molar-refractivity contribution in [2.24, 2.45) is 0 Å². The van der Waals surface area contributed by atoms with Crippen molar-refractivity contribution in [3.8, 4) is 11.3 Å². The number of pyridine rings is 1. The van der Waals surface area contributed by atoms with Crippen LogP contribution in [-0.4, -0.2) is 38.1 Å². The standard InChI is InChI=1S/C20H22N7P/c1-28(2)13-27-12-16(10-25-27)18-11-23-19(21)20(26-18)24-9-14-5-6-17-15(8-14)4-3-7-22-17/h3-8,10-12H,9,13H2,1-2H3,(H2,21,23)(H,24,26). The summed E-state index contributed by atoms with van der Waals surface area (Å²) in [5, 5.41) is 8.82. The average molecular weight is 391 g/mol. The number of nitrogens with zero attached hydrogens (tertiary/aromatic N) is 5. The Kier molecular flexibility index (Phi) is 5.17. The summed E-state index contributed by atoms with van der Waals surface area (Å²) >= 11 is 0. The first-order valence-electron chi connectivity index (χ1n) is 8.96. The molecule has 7 nitrogen and oxygen atoms in total. The van der Waals surface area contributed by atoms with Crippen molar-refractivity contribution in [3.05, 3.63) is 60.7 Å². The van der Waals surface area contributed by atoms with Crippen LogP contribution in [0.15, 0.2) is 55.1 Å². The number of nitrogens with two attached hydrogens (primary N) is 1. The van der Waals surface area contributed by atoms with E-state index in [9.17, 15) is 0 Å². The second kappa shape index (κ2) is 7.90. The van der Waals surface area contributed by atoms with E-state index in [1.54, 1.807) is 12.4 Å². The third-order valence-electron chi connectivity index (χ3n) is 4.28. The first-order valence-corrected chi connectivity index (χ1v) is 11.4. The van der Waals surface area contributed by atoms with Gasteiger partial charge in [0.2, 0.25) is 0 Å². The predicted octanol–water partition coefficient (Wildman–Crippen LogP) is 3.78. The van der Waals surface area contributed by atoms with Crippen LogP contribution in [0.25, 0.3) is 22.2 Å². The van der Waals surface area contributed by atoms with Gasteiger partial charge in [-0.25, -0.2) is 9.97 Å². The maximum absolute atomic E-state index is 6.03. The van der Waals surface area contributed by atoms with Crippen LogP contribution >= 0.6 is 7.92 Å². The van der Waals surface area contributed by atoms with Crippen LogP contribution in [0.1, 0.15) is 5.56 Å². The van der Waals surface area contributed by atoms with Crippen molar-refractivity contribution in [1.82, 2.24) is 24.7 Å². The first kappa shape index (κ1) is 18.3. The molecular formula is C20H22N7P. The lowest BCUT2D eigenvalue weighted by molar-refractivity contribution is 0.745. The number of fused-ring (bicyclic) bond motifs is 1. The van der Waals surface area contributed by atoms with Gasteiger partial charge < -0.3 is 11.1 Å². The summed E-state index contributed by atoms with van der Waals surface area (Å²) in [6.07, 6.45) is 8.23. The van der Waals surface area contributed by atoms with Crippen molar-refractivity contribution < 1.29 is 0 Å². The van der Waals surface area contributed by atoms with E-state index in [0.29, 0.717) is 18.2 Å². The molecule has 0 fully saturated rings. The minimum Gasteiger partial charge on any atom is -0.381 e. The van der Waals surface area contributed by atoms with Gasteiger partial charge in [-0.05, 0) is 37.1 Å². The molecule has 28 heavy (non-hydrogen) atoms. The highest BCUT2D eigenvalue weighted by molar-refractivity contribution is 7.54. The molecule has 0 amide bonds. The molecule has 0 saturated carbocycles. The van der Waals surface area contributed by atoms with Crippen molar-refractivity contribution in [1.29, 1.82) is 0 Å². The Labute approximate surface area is 164 Å². The number of nitrogen functional groups attached to an aromatic ring is 1. The molecule has 0 aliphatic carbocycles. The molecule has 3 N–H and O–H groups in total. The number of nitrogens with one attached hydrogen (secondary N) is 1. The number of rotatable bonds is 6. The van der Waals surface area contributed by atoms with Gasteiger partial charge >= 0.3 is 0 Å². The highest BCUT2D eigenvalue weighted by atomic mass is 31.1. The molecule has 0 aliphatic heterocycles. The van der Waals surface area contributed by atoms with E-state index in [0.717, 1.165) is 34.0 Å². The monoisotopic (exact) mass is 391 g/mol. The largest absolute Gasteiger partial charge is 0.381 e. The minimum absolute atomic E-state index is 0.0605. The van der Waals surface area contributed by atoms with Gasteiger partial charge in [-0.2, -0.15) is 5.10 Å². The molecule has 0 bridgehead atoms. The van der Waals surface area contributed by atoms with Crippen LogP contribution in [0.2, 0.25) is 0 Å². The van der Waals surface area contributed by atoms with Gasteiger partial charge in [0.1, 0.15) is 0 Å². The molecule has 0 radical (unpaired) electrons. The molecule has 1 aromatic carbocycles. The van der Waals surface area contributed by atoms with E-state index in [-0.39, 0.29) is 7.92 Å². The fourth-order valence-electron chi connectivity index (χ4n) is 2.95. The molecular weight excluding hydrogens is 369 g/mol. The minimum atomic E-state index is -0.0605. The van der Waals surface area contributed by atoms with Crippen LogP contribution < -0.4 is 11.1 Å². The molecule has 0 atom stereocenters. The van der Waals surface area contributed by atoms with Gasteiger partial charge in [0.05, 0.1) is 29.9 Å².